The van der Waals surface area contributed by atoms with Crippen molar-refractivity contribution in [2.24, 2.45) is 0 Å². The fourth-order valence-electron chi connectivity index (χ4n) is 1.98. The summed E-state index contributed by atoms with van der Waals surface area (Å²) in [5.41, 5.74) is 0.570. The fourth-order valence-corrected chi connectivity index (χ4v) is 2.05. The largest absolute Gasteiger partial charge is 0.491 e. The molecule has 0 amide bonds. The lowest BCUT2D eigenvalue weighted by Crippen LogP contribution is -2.25. The molecule has 1 heterocycles. The van der Waals surface area contributed by atoms with E-state index in [1.807, 2.05) is 0 Å². The van der Waals surface area contributed by atoms with Crippen molar-refractivity contribution in [1.29, 1.82) is 0 Å². The number of halogens is 2. The van der Waals surface area contributed by atoms with Gasteiger partial charge in [0, 0.05) is 18.2 Å². The molecule has 1 aromatic rings. The molecule has 0 saturated carbocycles. The standard InChI is InChI=1S/C15H16ClFO2/c16-6-3-4-12-8-13(17)10-15(9-12)19-11-14-5-1-2-7-18-14/h8-10,14H,1-2,5-7,11H2. The van der Waals surface area contributed by atoms with E-state index < -0.39 is 0 Å². The molecule has 19 heavy (non-hydrogen) atoms. The molecule has 1 atom stereocenters. The molecule has 1 fully saturated rings. The third kappa shape index (κ3) is 4.74. The summed E-state index contributed by atoms with van der Waals surface area (Å²) in [4.78, 5) is 0. The maximum absolute atomic E-state index is 13.4. The minimum absolute atomic E-state index is 0.106. The van der Waals surface area contributed by atoms with Crippen LogP contribution in [-0.2, 0) is 4.74 Å². The highest BCUT2D eigenvalue weighted by atomic mass is 35.5. The molecule has 2 rings (SSSR count). The van der Waals surface area contributed by atoms with Gasteiger partial charge in [0.1, 0.15) is 18.2 Å². The lowest BCUT2D eigenvalue weighted by atomic mass is 10.1. The molecule has 0 bridgehead atoms. The minimum atomic E-state index is -0.360. The maximum Gasteiger partial charge on any atom is 0.128 e. The van der Waals surface area contributed by atoms with Gasteiger partial charge in [-0.05, 0) is 31.4 Å². The molecular formula is C15H16ClFO2. The predicted octanol–water partition coefficient (Wildman–Crippen LogP) is 3.36. The second-order valence-electron chi connectivity index (χ2n) is 4.41. The van der Waals surface area contributed by atoms with Crippen LogP contribution in [0.15, 0.2) is 18.2 Å². The van der Waals surface area contributed by atoms with Gasteiger partial charge in [0.15, 0.2) is 0 Å². The van der Waals surface area contributed by atoms with Gasteiger partial charge >= 0.3 is 0 Å². The molecule has 0 spiro atoms. The Bertz CT molecular complexity index is 473. The van der Waals surface area contributed by atoms with Crippen molar-refractivity contribution in [3.05, 3.63) is 29.6 Å². The van der Waals surface area contributed by atoms with Crippen LogP contribution >= 0.6 is 11.6 Å². The molecule has 2 nitrogen and oxygen atoms in total. The molecule has 1 aliphatic heterocycles. The average molecular weight is 283 g/mol. The zero-order chi connectivity index (χ0) is 13.5. The number of benzene rings is 1. The van der Waals surface area contributed by atoms with Crippen molar-refractivity contribution < 1.29 is 13.9 Å². The first-order valence-electron chi connectivity index (χ1n) is 6.38. The first-order valence-corrected chi connectivity index (χ1v) is 6.91. The Morgan fingerprint density at radius 3 is 3.00 bits per heavy atom. The Kier molecular flexibility index (Phi) is 5.50. The number of hydrogen-bond donors (Lipinski definition) is 0. The molecule has 0 radical (unpaired) electrons. The first kappa shape index (κ1) is 14.2. The maximum atomic E-state index is 13.4. The molecule has 1 saturated heterocycles. The lowest BCUT2D eigenvalue weighted by Gasteiger charge is -2.22. The summed E-state index contributed by atoms with van der Waals surface area (Å²) in [7, 11) is 0. The van der Waals surface area contributed by atoms with Crippen molar-refractivity contribution in [2.45, 2.75) is 25.4 Å². The summed E-state index contributed by atoms with van der Waals surface area (Å²) in [6, 6.07) is 4.43. The summed E-state index contributed by atoms with van der Waals surface area (Å²) in [5.74, 6) is 5.82. The third-order valence-electron chi connectivity index (χ3n) is 2.88. The highest BCUT2D eigenvalue weighted by Gasteiger charge is 2.14. The van der Waals surface area contributed by atoms with Crippen molar-refractivity contribution in [2.75, 3.05) is 19.1 Å². The SMILES string of the molecule is Fc1cc(C#CCCl)cc(OCC2CCCCO2)c1. The predicted molar refractivity (Wildman–Crippen MR) is 73.1 cm³/mol. The summed E-state index contributed by atoms with van der Waals surface area (Å²) in [6.07, 6.45) is 3.36. The van der Waals surface area contributed by atoms with Crippen LogP contribution < -0.4 is 4.74 Å². The molecular weight excluding hydrogens is 267 g/mol. The normalized spacial score (nSPS) is 18.5. The van der Waals surface area contributed by atoms with Gasteiger partial charge in [0.2, 0.25) is 0 Å². The van der Waals surface area contributed by atoms with Gasteiger partial charge in [-0.15, -0.1) is 11.6 Å². The topological polar surface area (TPSA) is 18.5 Å². The Balaban J connectivity index is 1.97. The summed E-state index contributed by atoms with van der Waals surface area (Å²) in [5, 5.41) is 0. The van der Waals surface area contributed by atoms with Crippen LogP contribution in [0, 0.1) is 17.7 Å². The van der Waals surface area contributed by atoms with Gasteiger partial charge in [-0.3, -0.25) is 0 Å². The summed E-state index contributed by atoms with van der Waals surface area (Å²) >= 11 is 5.48. The van der Waals surface area contributed by atoms with Crippen molar-refractivity contribution >= 4 is 11.6 Å². The number of ether oxygens (including phenoxy) is 2. The van der Waals surface area contributed by atoms with E-state index in [4.69, 9.17) is 21.1 Å². The minimum Gasteiger partial charge on any atom is -0.491 e. The highest BCUT2D eigenvalue weighted by molar-refractivity contribution is 6.19. The first-order chi connectivity index (χ1) is 9.28. The fraction of sp³-hybridized carbons (Fsp3) is 0.467. The van der Waals surface area contributed by atoms with Gasteiger partial charge in [-0.2, -0.15) is 0 Å². The van der Waals surface area contributed by atoms with Gasteiger partial charge in [-0.1, -0.05) is 11.8 Å². The third-order valence-corrected chi connectivity index (χ3v) is 3.01. The molecule has 102 valence electrons. The van der Waals surface area contributed by atoms with E-state index in [9.17, 15) is 4.39 Å². The van der Waals surface area contributed by atoms with E-state index in [1.54, 1.807) is 6.07 Å². The van der Waals surface area contributed by atoms with Crippen LogP contribution in [0.2, 0.25) is 0 Å². The van der Waals surface area contributed by atoms with Crippen LogP contribution in [0.1, 0.15) is 24.8 Å². The van der Waals surface area contributed by atoms with Crippen molar-refractivity contribution in [3.63, 3.8) is 0 Å². The Labute approximate surface area is 117 Å². The van der Waals surface area contributed by atoms with Gasteiger partial charge < -0.3 is 9.47 Å². The van der Waals surface area contributed by atoms with Crippen molar-refractivity contribution in [3.8, 4) is 17.6 Å². The van der Waals surface area contributed by atoms with Crippen molar-refractivity contribution in [1.82, 2.24) is 0 Å². The zero-order valence-corrected chi connectivity index (χ0v) is 11.4. The van der Waals surface area contributed by atoms with Crippen LogP contribution in [0.5, 0.6) is 5.75 Å². The number of hydrogen-bond acceptors (Lipinski definition) is 2. The summed E-state index contributed by atoms with van der Waals surface area (Å²) in [6.45, 7) is 1.23. The molecule has 0 N–H and O–H groups in total. The molecule has 1 unspecified atom stereocenters. The van der Waals surface area contributed by atoms with Crippen LogP contribution in [0.25, 0.3) is 0 Å². The van der Waals surface area contributed by atoms with E-state index in [2.05, 4.69) is 11.8 Å². The Morgan fingerprint density at radius 1 is 1.37 bits per heavy atom. The van der Waals surface area contributed by atoms with E-state index in [-0.39, 0.29) is 17.8 Å². The van der Waals surface area contributed by atoms with Gasteiger partial charge in [-0.25, -0.2) is 4.39 Å². The molecule has 1 aliphatic rings. The van der Waals surface area contributed by atoms with Crippen LogP contribution in [0.3, 0.4) is 0 Å². The van der Waals surface area contributed by atoms with E-state index in [0.717, 1.165) is 25.9 Å². The van der Waals surface area contributed by atoms with Crippen LogP contribution in [-0.4, -0.2) is 25.2 Å². The van der Waals surface area contributed by atoms with Gasteiger partial charge in [0.05, 0.1) is 12.0 Å². The number of alkyl halides is 1. The van der Waals surface area contributed by atoms with E-state index in [1.165, 1.54) is 12.1 Å². The molecule has 0 aliphatic carbocycles. The highest BCUT2D eigenvalue weighted by Crippen LogP contribution is 2.18. The molecule has 4 heteroatoms. The summed E-state index contributed by atoms with van der Waals surface area (Å²) < 4.78 is 24.6. The monoisotopic (exact) mass is 282 g/mol. The Morgan fingerprint density at radius 2 is 2.26 bits per heavy atom. The molecule has 0 aromatic heterocycles. The van der Waals surface area contributed by atoms with E-state index >= 15 is 0 Å². The molecule has 1 aromatic carbocycles. The smallest absolute Gasteiger partial charge is 0.128 e. The quantitative estimate of drug-likeness (QED) is 0.625. The Hall–Kier alpha value is -1.24. The second-order valence-corrected chi connectivity index (χ2v) is 4.68. The zero-order valence-electron chi connectivity index (χ0n) is 10.6. The number of rotatable bonds is 3. The average Bonchev–Trinajstić information content (AvgIpc) is 2.43. The van der Waals surface area contributed by atoms with Gasteiger partial charge in [0.25, 0.3) is 0 Å². The second kappa shape index (κ2) is 7.37. The van der Waals surface area contributed by atoms with Crippen LogP contribution in [0.4, 0.5) is 4.39 Å². The van der Waals surface area contributed by atoms with E-state index in [0.29, 0.717) is 17.9 Å². The lowest BCUT2D eigenvalue weighted by molar-refractivity contribution is -0.0111.